The fourth-order valence-corrected chi connectivity index (χ4v) is 3.91. The van der Waals surface area contributed by atoms with Crippen LogP contribution in [0, 0.1) is 11.6 Å². The van der Waals surface area contributed by atoms with E-state index < -0.39 is 16.9 Å². The average molecular weight is 390 g/mol. The van der Waals surface area contributed by atoms with Gasteiger partial charge in [-0.05, 0) is 19.1 Å². The smallest absolute Gasteiger partial charge is 0.237 e. The Bertz CT molecular complexity index is 900. The summed E-state index contributed by atoms with van der Waals surface area (Å²) in [6.45, 7) is 1.74. The number of hydrogen-bond acceptors (Lipinski definition) is 4. The van der Waals surface area contributed by atoms with Crippen molar-refractivity contribution in [1.29, 1.82) is 0 Å². The first-order chi connectivity index (χ1) is 12.5. The van der Waals surface area contributed by atoms with Gasteiger partial charge in [-0.1, -0.05) is 30.3 Å². The van der Waals surface area contributed by atoms with Crippen LogP contribution >= 0.6 is 23.1 Å². The molecule has 0 radical (unpaired) electrons. The lowest BCUT2D eigenvalue weighted by molar-refractivity contribution is -0.115. The van der Waals surface area contributed by atoms with Gasteiger partial charge in [0.1, 0.15) is 16.6 Å². The molecule has 2 aromatic carbocycles. The van der Waals surface area contributed by atoms with Gasteiger partial charge in [-0.2, -0.15) is 0 Å². The van der Waals surface area contributed by atoms with E-state index in [-0.39, 0.29) is 11.6 Å². The van der Waals surface area contributed by atoms with Crippen LogP contribution in [0.4, 0.5) is 14.5 Å². The normalized spacial score (nSPS) is 12.0. The fraction of sp³-hybridized carbons (Fsp3) is 0.158. The Hall–Kier alpha value is -2.25. The van der Waals surface area contributed by atoms with E-state index in [4.69, 9.17) is 0 Å². The molecule has 0 saturated carbocycles. The Morgan fingerprint density at radius 1 is 1.23 bits per heavy atom. The van der Waals surface area contributed by atoms with Crippen LogP contribution in [0.1, 0.15) is 12.6 Å². The molecule has 0 aliphatic heterocycles. The number of aromatic nitrogens is 1. The van der Waals surface area contributed by atoms with Gasteiger partial charge in [-0.15, -0.1) is 23.1 Å². The molecule has 1 amide bonds. The molecular formula is C19H16F2N2OS2. The molecule has 0 spiro atoms. The van der Waals surface area contributed by atoms with Crippen molar-refractivity contribution >= 4 is 34.7 Å². The zero-order chi connectivity index (χ0) is 18.5. The number of carbonyl (C=O) groups is 1. The van der Waals surface area contributed by atoms with E-state index in [9.17, 15) is 13.6 Å². The molecule has 0 saturated heterocycles. The lowest BCUT2D eigenvalue weighted by atomic mass is 10.2. The standard InChI is InChI=1S/C19H16F2N2OS2/c1-12(18(24)23-17-8-7-14(20)9-16(17)21)25-10-15-11-26-19(22-15)13-5-3-2-4-6-13/h2-9,11-12H,10H2,1H3,(H,23,24)/t12-/m1/s1. The van der Waals surface area contributed by atoms with E-state index in [2.05, 4.69) is 10.3 Å². The van der Waals surface area contributed by atoms with Gasteiger partial charge >= 0.3 is 0 Å². The minimum atomic E-state index is -0.789. The van der Waals surface area contributed by atoms with Gasteiger partial charge in [0.15, 0.2) is 0 Å². The molecule has 3 rings (SSSR count). The molecule has 0 aliphatic rings. The lowest BCUT2D eigenvalue weighted by Crippen LogP contribution is -2.23. The highest BCUT2D eigenvalue weighted by molar-refractivity contribution is 7.99. The van der Waals surface area contributed by atoms with E-state index in [0.717, 1.165) is 28.4 Å². The van der Waals surface area contributed by atoms with Crippen molar-refractivity contribution in [2.45, 2.75) is 17.9 Å². The number of carbonyl (C=O) groups excluding carboxylic acids is 1. The molecule has 0 unspecified atom stereocenters. The molecule has 0 aliphatic carbocycles. The van der Waals surface area contributed by atoms with Crippen LogP contribution in [0.2, 0.25) is 0 Å². The van der Waals surface area contributed by atoms with Crippen molar-refractivity contribution in [3.05, 3.63) is 71.2 Å². The van der Waals surface area contributed by atoms with Crippen LogP contribution in [0.3, 0.4) is 0 Å². The molecule has 3 nitrogen and oxygen atoms in total. The summed E-state index contributed by atoms with van der Waals surface area (Å²) < 4.78 is 26.5. The van der Waals surface area contributed by atoms with Gasteiger partial charge < -0.3 is 5.32 Å². The minimum Gasteiger partial charge on any atom is -0.323 e. The third kappa shape index (κ3) is 4.68. The summed E-state index contributed by atoms with van der Waals surface area (Å²) in [7, 11) is 0. The predicted molar refractivity (Wildman–Crippen MR) is 103 cm³/mol. The Morgan fingerprint density at radius 2 is 2.00 bits per heavy atom. The Balaban J connectivity index is 1.56. The van der Waals surface area contributed by atoms with Crippen LogP contribution in [0.5, 0.6) is 0 Å². The molecule has 1 atom stereocenters. The van der Waals surface area contributed by atoms with Crippen molar-refractivity contribution in [3.63, 3.8) is 0 Å². The van der Waals surface area contributed by atoms with E-state index in [1.807, 2.05) is 35.7 Å². The molecule has 134 valence electrons. The van der Waals surface area contributed by atoms with Crippen LogP contribution in [0.15, 0.2) is 53.9 Å². The van der Waals surface area contributed by atoms with Crippen LogP contribution in [-0.4, -0.2) is 16.1 Å². The number of hydrogen-bond donors (Lipinski definition) is 1. The summed E-state index contributed by atoms with van der Waals surface area (Å²) in [5, 5.41) is 4.99. The van der Waals surface area contributed by atoms with E-state index in [1.165, 1.54) is 17.8 Å². The number of halogens is 2. The largest absolute Gasteiger partial charge is 0.323 e. The van der Waals surface area contributed by atoms with Gasteiger partial charge in [0, 0.05) is 22.8 Å². The molecule has 1 aromatic heterocycles. The first-order valence-electron chi connectivity index (χ1n) is 7.90. The summed E-state index contributed by atoms with van der Waals surface area (Å²) in [5.74, 6) is -1.23. The van der Waals surface area contributed by atoms with E-state index in [0.29, 0.717) is 5.75 Å². The second-order valence-electron chi connectivity index (χ2n) is 5.58. The Labute approximate surface area is 158 Å². The van der Waals surface area contributed by atoms with E-state index >= 15 is 0 Å². The monoisotopic (exact) mass is 390 g/mol. The lowest BCUT2D eigenvalue weighted by Gasteiger charge is -2.12. The minimum absolute atomic E-state index is 0.0242. The third-order valence-electron chi connectivity index (χ3n) is 3.61. The van der Waals surface area contributed by atoms with Crippen molar-refractivity contribution in [2.24, 2.45) is 0 Å². The predicted octanol–water partition coefficient (Wildman–Crippen LogP) is 5.35. The zero-order valence-electron chi connectivity index (χ0n) is 13.9. The SMILES string of the molecule is C[C@@H](SCc1csc(-c2ccccc2)n1)C(=O)Nc1ccc(F)cc1F. The van der Waals surface area contributed by atoms with Gasteiger partial charge in [-0.3, -0.25) is 4.79 Å². The van der Waals surface area contributed by atoms with Crippen molar-refractivity contribution < 1.29 is 13.6 Å². The second kappa shape index (κ2) is 8.42. The number of nitrogens with zero attached hydrogens (tertiary/aromatic N) is 1. The fourth-order valence-electron chi connectivity index (χ4n) is 2.20. The number of amides is 1. The maximum atomic E-state index is 13.6. The zero-order valence-corrected chi connectivity index (χ0v) is 15.5. The summed E-state index contributed by atoms with van der Waals surface area (Å²) >= 11 is 2.97. The molecule has 0 fully saturated rings. The van der Waals surface area contributed by atoms with Crippen molar-refractivity contribution in [3.8, 4) is 10.6 Å². The quantitative estimate of drug-likeness (QED) is 0.617. The highest BCUT2D eigenvalue weighted by atomic mass is 32.2. The molecule has 3 aromatic rings. The summed E-state index contributed by atoms with van der Waals surface area (Å²) in [6, 6.07) is 13.0. The van der Waals surface area contributed by atoms with E-state index in [1.54, 1.807) is 18.3 Å². The first-order valence-corrected chi connectivity index (χ1v) is 9.83. The number of thiazole rings is 1. The maximum Gasteiger partial charge on any atom is 0.237 e. The number of benzene rings is 2. The van der Waals surface area contributed by atoms with Gasteiger partial charge in [0.2, 0.25) is 5.91 Å². The molecule has 1 N–H and O–H groups in total. The Morgan fingerprint density at radius 3 is 2.73 bits per heavy atom. The first kappa shape index (κ1) is 18.5. The molecule has 0 bridgehead atoms. The van der Waals surface area contributed by atoms with Crippen LogP contribution in [-0.2, 0) is 10.5 Å². The number of rotatable bonds is 6. The highest BCUT2D eigenvalue weighted by Crippen LogP contribution is 2.26. The summed E-state index contributed by atoms with van der Waals surface area (Å²) in [4.78, 5) is 16.8. The van der Waals surface area contributed by atoms with Crippen molar-refractivity contribution in [1.82, 2.24) is 4.98 Å². The average Bonchev–Trinajstić information content (AvgIpc) is 3.11. The summed E-state index contributed by atoms with van der Waals surface area (Å²) in [5.41, 5.74) is 1.93. The summed E-state index contributed by atoms with van der Waals surface area (Å²) in [6.07, 6.45) is 0. The van der Waals surface area contributed by atoms with Gasteiger partial charge in [0.05, 0.1) is 16.6 Å². The number of anilines is 1. The molecule has 1 heterocycles. The highest BCUT2D eigenvalue weighted by Gasteiger charge is 2.16. The topological polar surface area (TPSA) is 42.0 Å². The molecule has 7 heteroatoms. The van der Waals surface area contributed by atoms with Crippen LogP contribution < -0.4 is 5.32 Å². The third-order valence-corrected chi connectivity index (χ3v) is 5.73. The van der Waals surface area contributed by atoms with Gasteiger partial charge in [0.25, 0.3) is 0 Å². The number of thioether (sulfide) groups is 1. The number of nitrogens with one attached hydrogen (secondary N) is 1. The van der Waals surface area contributed by atoms with Crippen molar-refractivity contribution in [2.75, 3.05) is 5.32 Å². The van der Waals surface area contributed by atoms with Crippen LogP contribution in [0.25, 0.3) is 10.6 Å². The molecular weight excluding hydrogens is 374 g/mol. The molecule has 26 heavy (non-hydrogen) atoms. The maximum absolute atomic E-state index is 13.6. The Kier molecular flexibility index (Phi) is 6.00. The second-order valence-corrected chi connectivity index (χ2v) is 7.76. The van der Waals surface area contributed by atoms with Gasteiger partial charge in [-0.25, -0.2) is 13.8 Å².